The monoisotopic (exact) mass is 283 g/mol. The van der Waals surface area contributed by atoms with E-state index >= 15 is 0 Å². The fourth-order valence-electron chi connectivity index (χ4n) is 1.94. The third kappa shape index (κ3) is 4.00. The zero-order valence-corrected chi connectivity index (χ0v) is 11.6. The molecule has 21 heavy (non-hydrogen) atoms. The maximum atomic E-state index is 11.9. The van der Waals surface area contributed by atoms with Gasteiger partial charge in [0.15, 0.2) is 12.4 Å². The van der Waals surface area contributed by atoms with Crippen molar-refractivity contribution in [3.63, 3.8) is 0 Å². The lowest BCUT2D eigenvalue weighted by Gasteiger charge is -2.09. The number of carbonyl (C=O) groups excluding carboxylic acids is 2. The summed E-state index contributed by atoms with van der Waals surface area (Å²) in [5.74, 6) is 0.210. The average molecular weight is 283 g/mol. The summed E-state index contributed by atoms with van der Waals surface area (Å²) in [6.07, 6.45) is 0.828. The molecule has 1 unspecified atom stereocenters. The molecule has 4 nitrogen and oxygen atoms in total. The Kier molecular flexibility index (Phi) is 5.23. The van der Waals surface area contributed by atoms with Crippen molar-refractivity contribution in [2.24, 2.45) is 5.73 Å². The van der Waals surface area contributed by atoms with Gasteiger partial charge in [0.25, 0.3) is 0 Å². The maximum absolute atomic E-state index is 11.9. The Bertz CT molecular complexity index is 593. The van der Waals surface area contributed by atoms with Crippen LogP contribution in [0.15, 0.2) is 54.6 Å². The third-order valence-electron chi connectivity index (χ3n) is 3.19. The molecule has 4 heteroatoms. The van der Waals surface area contributed by atoms with E-state index in [1.807, 2.05) is 18.2 Å². The van der Waals surface area contributed by atoms with E-state index in [-0.39, 0.29) is 24.9 Å². The summed E-state index contributed by atoms with van der Waals surface area (Å²) in [6, 6.07) is 16.0. The molecule has 2 aromatic carbocycles. The number of nitrogens with two attached hydrogens (primary N) is 1. The summed E-state index contributed by atoms with van der Waals surface area (Å²) >= 11 is 0. The molecule has 0 saturated carbocycles. The molecule has 2 rings (SSSR count). The lowest BCUT2D eigenvalue weighted by molar-refractivity contribution is -0.108. The normalized spacial score (nSPS) is 11.7. The molecular weight excluding hydrogens is 266 g/mol. The van der Waals surface area contributed by atoms with Crippen molar-refractivity contribution in [3.05, 3.63) is 65.7 Å². The number of aldehydes is 1. The van der Waals surface area contributed by atoms with Gasteiger partial charge in [0.05, 0.1) is 5.92 Å². The number of carbonyl (C=O) groups is 2. The van der Waals surface area contributed by atoms with E-state index in [0.29, 0.717) is 11.3 Å². The van der Waals surface area contributed by atoms with Crippen LogP contribution in [0.3, 0.4) is 0 Å². The summed E-state index contributed by atoms with van der Waals surface area (Å²) < 4.78 is 5.46. The van der Waals surface area contributed by atoms with Crippen LogP contribution < -0.4 is 10.5 Å². The van der Waals surface area contributed by atoms with Gasteiger partial charge in [-0.25, -0.2) is 0 Å². The van der Waals surface area contributed by atoms with Gasteiger partial charge < -0.3 is 15.3 Å². The van der Waals surface area contributed by atoms with Gasteiger partial charge in [0, 0.05) is 12.1 Å². The lowest BCUT2D eigenvalue weighted by atomic mass is 10.0. The Labute approximate surface area is 123 Å². The molecule has 1 atom stereocenters. The molecule has 0 bridgehead atoms. The molecule has 0 spiro atoms. The number of ketones is 1. The molecule has 0 amide bonds. The zero-order chi connectivity index (χ0) is 15.1. The summed E-state index contributed by atoms with van der Waals surface area (Å²) in [5.41, 5.74) is 6.97. The van der Waals surface area contributed by atoms with Gasteiger partial charge >= 0.3 is 0 Å². The minimum absolute atomic E-state index is 0.0165. The number of rotatable bonds is 7. The first-order valence-electron chi connectivity index (χ1n) is 6.71. The standard InChI is InChI=1S/C17H17NO3/c18-10-15(11-19)13-6-8-16(9-7-13)21-12-17(20)14-4-2-1-3-5-14/h1-9,11,15H,10,12,18H2. The molecule has 2 N–H and O–H groups in total. The van der Waals surface area contributed by atoms with Gasteiger partial charge in [-0.15, -0.1) is 0 Å². The molecule has 0 radical (unpaired) electrons. The van der Waals surface area contributed by atoms with Crippen LogP contribution in [-0.2, 0) is 4.79 Å². The smallest absolute Gasteiger partial charge is 0.200 e. The molecule has 0 heterocycles. The maximum Gasteiger partial charge on any atom is 0.200 e. The van der Waals surface area contributed by atoms with Crippen LogP contribution in [0.2, 0.25) is 0 Å². The van der Waals surface area contributed by atoms with Crippen molar-refractivity contribution >= 4 is 12.1 Å². The van der Waals surface area contributed by atoms with E-state index in [1.54, 1.807) is 36.4 Å². The fraction of sp³-hybridized carbons (Fsp3) is 0.176. The van der Waals surface area contributed by atoms with Crippen LogP contribution in [0, 0.1) is 0 Å². The van der Waals surface area contributed by atoms with Crippen LogP contribution in [-0.4, -0.2) is 25.2 Å². The molecule has 0 aliphatic carbocycles. The highest BCUT2D eigenvalue weighted by atomic mass is 16.5. The summed E-state index contributed by atoms with van der Waals surface area (Å²) in [6.45, 7) is 0.257. The predicted molar refractivity (Wildman–Crippen MR) is 80.6 cm³/mol. The highest BCUT2D eigenvalue weighted by molar-refractivity contribution is 5.97. The van der Waals surface area contributed by atoms with Crippen molar-refractivity contribution in [2.75, 3.05) is 13.2 Å². The molecule has 108 valence electrons. The van der Waals surface area contributed by atoms with Crippen molar-refractivity contribution in [3.8, 4) is 5.75 Å². The van der Waals surface area contributed by atoms with Crippen LogP contribution in [0.5, 0.6) is 5.75 Å². The second kappa shape index (κ2) is 7.36. The Morgan fingerprint density at radius 3 is 2.33 bits per heavy atom. The Hall–Kier alpha value is -2.46. The van der Waals surface area contributed by atoms with Crippen molar-refractivity contribution in [1.29, 1.82) is 0 Å². The SMILES string of the molecule is NCC(C=O)c1ccc(OCC(=O)c2ccccc2)cc1. The molecule has 0 aliphatic heterocycles. The van der Waals surface area contributed by atoms with E-state index in [9.17, 15) is 9.59 Å². The van der Waals surface area contributed by atoms with E-state index in [1.165, 1.54) is 0 Å². The predicted octanol–water partition coefficient (Wildman–Crippen LogP) is 2.19. The summed E-state index contributed by atoms with van der Waals surface area (Å²) in [7, 11) is 0. The number of benzene rings is 2. The minimum Gasteiger partial charge on any atom is -0.485 e. The molecule has 0 aliphatic rings. The number of ether oxygens (including phenoxy) is 1. The summed E-state index contributed by atoms with van der Waals surface area (Å²) in [5, 5.41) is 0. The molecular formula is C17H17NO3. The van der Waals surface area contributed by atoms with E-state index in [2.05, 4.69) is 0 Å². The Balaban J connectivity index is 1.95. The number of Topliss-reactive ketones (excluding diaryl/α,β-unsaturated/α-hetero) is 1. The van der Waals surface area contributed by atoms with Crippen LogP contribution in [0.1, 0.15) is 21.8 Å². The largest absolute Gasteiger partial charge is 0.485 e. The number of hydrogen-bond donors (Lipinski definition) is 1. The first kappa shape index (κ1) is 14.9. The average Bonchev–Trinajstić information content (AvgIpc) is 2.55. The van der Waals surface area contributed by atoms with Crippen molar-refractivity contribution < 1.29 is 14.3 Å². The fourth-order valence-corrected chi connectivity index (χ4v) is 1.94. The highest BCUT2D eigenvalue weighted by Gasteiger charge is 2.09. The van der Waals surface area contributed by atoms with Crippen LogP contribution in [0.4, 0.5) is 0 Å². The molecule has 2 aromatic rings. The van der Waals surface area contributed by atoms with Crippen LogP contribution >= 0.6 is 0 Å². The Morgan fingerprint density at radius 2 is 1.76 bits per heavy atom. The van der Waals surface area contributed by atoms with Gasteiger partial charge in [0.1, 0.15) is 12.0 Å². The minimum atomic E-state index is -0.301. The first-order valence-corrected chi connectivity index (χ1v) is 6.71. The quantitative estimate of drug-likeness (QED) is 0.624. The summed E-state index contributed by atoms with van der Waals surface area (Å²) in [4.78, 5) is 22.7. The third-order valence-corrected chi connectivity index (χ3v) is 3.19. The van der Waals surface area contributed by atoms with Gasteiger partial charge in [-0.1, -0.05) is 42.5 Å². The van der Waals surface area contributed by atoms with Gasteiger partial charge in [-0.2, -0.15) is 0 Å². The van der Waals surface area contributed by atoms with Crippen LogP contribution in [0.25, 0.3) is 0 Å². The lowest BCUT2D eigenvalue weighted by Crippen LogP contribution is -2.14. The Morgan fingerprint density at radius 1 is 1.10 bits per heavy atom. The second-order valence-electron chi connectivity index (χ2n) is 4.63. The second-order valence-corrected chi connectivity index (χ2v) is 4.63. The van der Waals surface area contributed by atoms with Gasteiger partial charge in [-0.05, 0) is 17.7 Å². The van der Waals surface area contributed by atoms with Crippen molar-refractivity contribution in [2.45, 2.75) is 5.92 Å². The van der Waals surface area contributed by atoms with Gasteiger partial charge in [0.2, 0.25) is 0 Å². The topological polar surface area (TPSA) is 69.4 Å². The zero-order valence-electron chi connectivity index (χ0n) is 11.6. The molecule has 0 aromatic heterocycles. The molecule has 0 saturated heterocycles. The molecule has 0 fully saturated rings. The first-order chi connectivity index (χ1) is 10.2. The highest BCUT2D eigenvalue weighted by Crippen LogP contribution is 2.18. The number of hydrogen-bond acceptors (Lipinski definition) is 4. The van der Waals surface area contributed by atoms with E-state index in [0.717, 1.165) is 11.8 Å². The van der Waals surface area contributed by atoms with E-state index in [4.69, 9.17) is 10.5 Å². The van der Waals surface area contributed by atoms with Gasteiger partial charge in [-0.3, -0.25) is 4.79 Å². The van der Waals surface area contributed by atoms with E-state index < -0.39 is 0 Å². The van der Waals surface area contributed by atoms with Crippen molar-refractivity contribution in [1.82, 2.24) is 0 Å².